The summed E-state index contributed by atoms with van der Waals surface area (Å²) in [4.78, 5) is 31.5. The molecule has 0 radical (unpaired) electrons. The number of fused-ring (bicyclic) bond motifs is 2. The van der Waals surface area contributed by atoms with E-state index in [0.29, 0.717) is 30.8 Å². The lowest BCUT2D eigenvalue weighted by atomic mass is 10.1. The second kappa shape index (κ2) is 10.1. The van der Waals surface area contributed by atoms with Crippen LogP contribution in [0.3, 0.4) is 0 Å². The Balaban J connectivity index is 1.56. The number of hydrogen-bond donors (Lipinski definition) is 2. The van der Waals surface area contributed by atoms with Gasteiger partial charge in [-0.2, -0.15) is 0 Å². The summed E-state index contributed by atoms with van der Waals surface area (Å²) in [6.07, 6.45) is 2.29. The molecule has 0 atom stereocenters. The minimum absolute atomic E-state index is 0.00290. The molecule has 0 aliphatic heterocycles. The summed E-state index contributed by atoms with van der Waals surface area (Å²) in [6, 6.07) is 22.5. The molecule has 0 aliphatic carbocycles. The standard InChI is InChI=1S/C29H27N5O3/c1-19-7-6-16-33-26(19)32-27-24(29(33)36)17-23(25(30)34(27)18-21-8-4-3-5-9-21)28(35)31-15-14-20-10-12-22(37-2)13-11-20/h3-13,16-17,30H,14-15,18H2,1-2H3,(H,31,35). The van der Waals surface area contributed by atoms with Crippen LogP contribution in [-0.2, 0) is 13.0 Å². The molecule has 0 spiro atoms. The van der Waals surface area contributed by atoms with Gasteiger partial charge < -0.3 is 14.6 Å². The van der Waals surface area contributed by atoms with Crippen molar-refractivity contribution in [2.24, 2.45) is 0 Å². The lowest BCUT2D eigenvalue weighted by Crippen LogP contribution is -2.36. The van der Waals surface area contributed by atoms with Crippen molar-refractivity contribution < 1.29 is 9.53 Å². The highest BCUT2D eigenvalue weighted by Gasteiger charge is 2.18. The third-order valence-electron chi connectivity index (χ3n) is 6.42. The first kappa shape index (κ1) is 24.0. The molecule has 2 N–H and O–H groups in total. The number of aromatic nitrogens is 3. The topological polar surface area (TPSA) is 101 Å². The first-order valence-corrected chi connectivity index (χ1v) is 12.0. The second-order valence-corrected chi connectivity index (χ2v) is 8.87. The summed E-state index contributed by atoms with van der Waals surface area (Å²) in [5.74, 6) is 0.365. The largest absolute Gasteiger partial charge is 0.497 e. The highest BCUT2D eigenvalue weighted by Crippen LogP contribution is 2.15. The van der Waals surface area contributed by atoms with Crippen LogP contribution in [0.2, 0.25) is 0 Å². The maximum Gasteiger partial charge on any atom is 0.267 e. The van der Waals surface area contributed by atoms with Crippen molar-refractivity contribution in [1.29, 1.82) is 5.41 Å². The molecule has 37 heavy (non-hydrogen) atoms. The highest BCUT2D eigenvalue weighted by atomic mass is 16.5. The van der Waals surface area contributed by atoms with Gasteiger partial charge in [-0.1, -0.05) is 48.5 Å². The SMILES string of the molecule is COc1ccc(CCNC(=O)c2cc3c(=O)n4cccc(C)c4nc3n(Cc3ccccc3)c2=N)cc1. The number of pyridine rings is 2. The molecule has 5 aromatic rings. The zero-order valence-corrected chi connectivity index (χ0v) is 20.7. The summed E-state index contributed by atoms with van der Waals surface area (Å²) in [5, 5.41) is 12.1. The van der Waals surface area contributed by atoms with Crippen LogP contribution in [0.5, 0.6) is 5.75 Å². The van der Waals surface area contributed by atoms with Gasteiger partial charge >= 0.3 is 0 Å². The number of amides is 1. The molecule has 8 nitrogen and oxygen atoms in total. The lowest BCUT2D eigenvalue weighted by molar-refractivity contribution is 0.0951. The van der Waals surface area contributed by atoms with Gasteiger partial charge in [-0.05, 0) is 54.3 Å². The molecular formula is C29H27N5O3. The van der Waals surface area contributed by atoms with Gasteiger partial charge in [0.25, 0.3) is 11.5 Å². The number of benzene rings is 2. The number of carbonyl (C=O) groups is 1. The van der Waals surface area contributed by atoms with E-state index in [1.54, 1.807) is 23.9 Å². The summed E-state index contributed by atoms with van der Waals surface area (Å²) in [6.45, 7) is 2.58. The van der Waals surface area contributed by atoms with Crippen molar-refractivity contribution in [2.75, 3.05) is 13.7 Å². The maximum absolute atomic E-state index is 13.5. The normalized spacial score (nSPS) is 11.1. The molecule has 0 fully saturated rings. The molecule has 8 heteroatoms. The van der Waals surface area contributed by atoms with Crippen molar-refractivity contribution >= 4 is 22.6 Å². The van der Waals surface area contributed by atoms with E-state index in [4.69, 9.17) is 15.1 Å². The molecule has 3 heterocycles. The first-order chi connectivity index (χ1) is 18.0. The smallest absolute Gasteiger partial charge is 0.267 e. The van der Waals surface area contributed by atoms with Crippen LogP contribution >= 0.6 is 0 Å². The van der Waals surface area contributed by atoms with Crippen LogP contribution in [0.1, 0.15) is 27.0 Å². The van der Waals surface area contributed by atoms with Crippen LogP contribution in [0.25, 0.3) is 16.7 Å². The molecule has 3 aromatic heterocycles. The Kier molecular flexibility index (Phi) is 6.55. The summed E-state index contributed by atoms with van der Waals surface area (Å²) in [5.41, 5.74) is 3.59. The van der Waals surface area contributed by atoms with Crippen molar-refractivity contribution in [1.82, 2.24) is 19.3 Å². The number of rotatable bonds is 7. The average molecular weight is 494 g/mol. The third-order valence-corrected chi connectivity index (χ3v) is 6.42. The van der Waals surface area contributed by atoms with Gasteiger partial charge in [-0.15, -0.1) is 0 Å². The van der Waals surface area contributed by atoms with Crippen molar-refractivity contribution in [3.8, 4) is 5.75 Å². The predicted octanol–water partition coefficient (Wildman–Crippen LogP) is 3.47. The molecule has 0 saturated heterocycles. The van der Waals surface area contributed by atoms with E-state index >= 15 is 0 Å². The Morgan fingerprint density at radius 3 is 2.49 bits per heavy atom. The van der Waals surface area contributed by atoms with E-state index < -0.39 is 5.91 Å². The van der Waals surface area contributed by atoms with E-state index in [9.17, 15) is 9.59 Å². The van der Waals surface area contributed by atoms with Gasteiger partial charge in [0.2, 0.25) is 0 Å². The number of carbonyl (C=O) groups excluding carboxylic acids is 1. The maximum atomic E-state index is 13.5. The zero-order chi connectivity index (χ0) is 25.9. The molecule has 2 aromatic carbocycles. The minimum Gasteiger partial charge on any atom is -0.497 e. The molecule has 0 saturated carbocycles. The van der Waals surface area contributed by atoms with E-state index in [-0.39, 0.29) is 22.0 Å². The molecule has 5 rings (SSSR count). The quantitative estimate of drug-likeness (QED) is 0.339. The molecular weight excluding hydrogens is 466 g/mol. The fraction of sp³-hybridized carbons (Fsp3) is 0.172. The number of hydrogen-bond acceptors (Lipinski definition) is 5. The van der Waals surface area contributed by atoms with Gasteiger partial charge in [-0.25, -0.2) is 4.98 Å². The van der Waals surface area contributed by atoms with Gasteiger partial charge in [0, 0.05) is 12.7 Å². The van der Waals surface area contributed by atoms with Gasteiger partial charge in [0.1, 0.15) is 22.5 Å². The predicted molar refractivity (Wildman–Crippen MR) is 142 cm³/mol. The van der Waals surface area contributed by atoms with Gasteiger partial charge in [0.15, 0.2) is 0 Å². The minimum atomic E-state index is -0.407. The number of ether oxygens (including phenoxy) is 1. The first-order valence-electron chi connectivity index (χ1n) is 12.0. The molecule has 0 bridgehead atoms. The van der Waals surface area contributed by atoms with Crippen molar-refractivity contribution in [3.05, 3.63) is 117 Å². The van der Waals surface area contributed by atoms with Crippen molar-refractivity contribution in [2.45, 2.75) is 19.9 Å². The summed E-state index contributed by atoms with van der Waals surface area (Å²) in [7, 11) is 1.62. The van der Waals surface area contributed by atoms with Crippen LogP contribution in [0, 0.1) is 12.3 Å². The number of nitrogens with one attached hydrogen (secondary N) is 2. The van der Waals surface area contributed by atoms with Crippen LogP contribution in [0.15, 0.2) is 83.8 Å². The number of methoxy groups -OCH3 is 1. The highest BCUT2D eigenvalue weighted by molar-refractivity contribution is 5.96. The van der Waals surface area contributed by atoms with Crippen molar-refractivity contribution in [3.63, 3.8) is 0 Å². The lowest BCUT2D eigenvalue weighted by Gasteiger charge is -2.15. The number of nitrogens with zero attached hydrogens (tertiary/aromatic N) is 3. The Morgan fingerprint density at radius 2 is 1.76 bits per heavy atom. The van der Waals surface area contributed by atoms with Gasteiger partial charge in [0.05, 0.1) is 24.6 Å². The third kappa shape index (κ3) is 4.73. The molecule has 0 unspecified atom stereocenters. The summed E-state index contributed by atoms with van der Waals surface area (Å²) >= 11 is 0. The molecule has 186 valence electrons. The Bertz CT molecular complexity index is 1720. The van der Waals surface area contributed by atoms with Gasteiger partial charge in [-0.3, -0.25) is 19.4 Å². The number of aryl methyl sites for hydroxylation is 1. The average Bonchev–Trinajstić information content (AvgIpc) is 2.92. The van der Waals surface area contributed by atoms with Crippen LogP contribution < -0.4 is 21.1 Å². The zero-order valence-electron chi connectivity index (χ0n) is 20.7. The fourth-order valence-corrected chi connectivity index (χ4v) is 4.40. The second-order valence-electron chi connectivity index (χ2n) is 8.87. The summed E-state index contributed by atoms with van der Waals surface area (Å²) < 4.78 is 8.31. The Hall–Kier alpha value is -4.72. The fourth-order valence-electron chi connectivity index (χ4n) is 4.40. The Morgan fingerprint density at radius 1 is 1.00 bits per heavy atom. The van der Waals surface area contributed by atoms with Crippen LogP contribution in [-0.4, -0.2) is 33.5 Å². The van der Waals surface area contributed by atoms with E-state index in [0.717, 1.165) is 22.4 Å². The Labute approximate surface area is 213 Å². The molecule has 1 amide bonds. The van der Waals surface area contributed by atoms with Crippen LogP contribution in [0.4, 0.5) is 0 Å². The van der Waals surface area contributed by atoms with E-state index in [2.05, 4.69) is 5.32 Å². The molecule has 0 aliphatic rings. The van der Waals surface area contributed by atoms with E-state index in [1.165, 1.54) is 10.5 Å². The monoisotopic (exact) mass is 493 g/mol. The van der Waals surface area contributed by atoms with E-state index in [1.807, 2.05) is 67.6 Å².